The number of aromatic carboxylic acids is 1. The van der Waals surface area contributed by atoms with Crippen LogP contribution in [-0.4, -0.2) is 20.5 Å². The van der Waals surface area contributed by atoms with Crippen LogP contribution < -0.4 is 0 Å². The molecule has 0 bridgehead atoms. The summed E-state index contributed by atoms with van der Waals surface area (Å²) in [4.78, 5) is 14.9. The maximum atomic E-state index is 11.6. The van der Waals surface area contributed by atoms with Gasteiger partial charge in [0.15, 0.2) is 0 Å². The fourth-order valence-corrected chi connectivity index (χ4v) is 2.75. The zero-order chi connectivity index (χ0) is 13.0. The Morgan fingerprint density at radius 2 is 1.89 bits per heavy atom. The van der Waals surface area contributed by atoms with E-state index < -0.39 is 5.97 Å². The number of benzene rings is 1. The number of nitrogens with zero attached hydrogens (tertiary/aromatic N) is 1. The van der Waals surface area contributed by atoms with Gasteiger partial charge in [-0.05, 0) is 18.2 Å². The third-order valence-electron chi connectivity index (χ3n) is 3.51. The summed E-state index contributed by atoms with van der Waals surface area (Å²) in [6, 6.07) is 13.3. The largest absolute Gasteiger partial charge is 0.478 e. The fraction of sp³-hybridized carbons (Fsp3) is 0. The quantitative estimate of drug-likeness (QED) is 0.544. The minimum atomic E-state index is -0.900. The molecule has 3 aromatic heterocycles. The Labute approximate surface area is 107 Å². The standard InChI is InChI=1S/C15H10N2O2/c18-15(19)13-11-7-3-4-8-17(11)14-12(13)9-5-1-2-6-10(9)16-14/h1-8,16H,(H,18,19). The van der Waals surface area contributed by atoms with Crippen molar-refractivity contribution in [2.45, 2.75) is 0 Å². The van der Waals surface area contributed by atoms with Gasteiger partial charge < -0.3 is 14.5 Å². The Kier molecular flexibility index (Phi) is 1.82. The Balaban J connectivity index is 2.38. The Hall–Kier alpha value is -2.75. The molecular formula is C15H10N2O2. The van der Waals surface area contributed by atoms with E-state index in [2.05, 4.69) is 4.98 Å². The SMILES string of the molecule is O=C(O)c1c2c3ccccc3[nH]c2n2ccccc12. The molecule has 0 radical (unpaired) electrons. The number of carbonyl (C=O) groups is 1. The molecule has 0 fully saturated rings. The minimum absolute atomic E-state index is 0.355. The first-order valence-corrected chi connectivity index (χ1v) is 6.00. The highest BCUT2D eigenvalue weighted by atomic mass is 16.4. The monoisotopic (exact) mass is 250 g/mol. The summed E-state index contributed by atoms with van der Waals surface area (Å²) >= 11 is 0. The maximum absolute atomic E-state index is 11.6. The molecule has 0 aliphatic heterocycles. The van der Waals surface area contributed by atoms with Crippen LogP contribution in [0.2, 0.25) is 0 Å². The molecule has 0 saturated heterocycles. The van der Waals surface area contributed by atoms with E-state index in [4.69, 9.17) is 0 Å². The summed E-state index contributed by atoms with van der Waals surface area (Å²) in [6.45, 7) is 0. The summed E-state index contributed by atoms with van der Waals surface area (Å²) < 4.78 is 1.89. The summed E-state index contributed by atoms with van der Waals surface area (Å²) in [5.74, 6) is -0.900. The van der Waals surface area contributed by atoms with Gasteiger partial charge in [0.25, 0.3) is 0 Å². The predicted octanol–water partition coefficient (Wildman–Crippen LogP) is 3.27. The number of aromatic amines is 1. The topological polar surface area (TPSA) is 57.5 Å². The Morgan fingerprint density at radius 1 is 1.11 bits per heavy atom. The Bertz CT molecular complexity index is 941. The van der Waals surface area contributed by atoms with E-state index >= 15 is 0 Å². The van der Waals surface area contributed by atoms with Crippen LogP contribution in [0.15, 0.2) is 48.7 Å². The lowest BCUT2D eigenvalue weighted by Gasteiger charge is -1.96. The van der Waals surface area contributed by atoms with Crippen molar-refractivity contribution in [3.05, 3.63) is 54.2 Å². The predicted molar refractivity (Wildman–Crippen MR) is 73.7 cm³/mol. The van der Waals surface area contributed by atoms with Crippen molar-refractivity contribution in [1.82, 2.24) is 9.38 Å². The van der Waals surface area contributed by atoms with E-state index in [0.717, 1.165) is 21.9 Å². The van der Waals surface area contributed by atoms with Crippen molar-refractivity contribution >= 4 is 33.4 Å². The number of hydrogen-bond acceptors (Lipinski definition) is 1. The number of carboxylic acids is 1. The van der Waals surface area contributed by atoms with Crippen LogP contribution in [0.1, 0.15) is 10.4 Å². The van der Waals surface area contributed by atoms with Gasteiger partial charge >= 0.3 is 5.97 Å². The molecule has 4 rings (SSSR count). The highest BCUT2D eigenvalue weighted by molar-refractivity contribution is 6.20. The fourth-order valence-electron chi connectivity index (χ4n) is 2.75. The summed E-state index contributed by atoms with van der Waals surface area (Å²) in [5, 5.41) is 11.2. The van der Waals surface area contributed by atoms with Gasteiger partial charge in [-0.1, -0.05) is 24.3 Å². The molecule has 0 saturated carbocycles. The van der Waals surface area contributed by atoms with E-state index in [0.29, 0.717) is 11.1 Å². The number of aromatic nitrogens is 2. The van der Waals surface area contributed by atoms with E-state index in [9.17, 15) is 9.90 Å². The molecular weight excluding hydrogens is 240 g/mol. The highest BCUT2D eigenvalue weighted by Gasteiger charge is 2.20. The van der Waals surface area contributed by atoms with Crippen LogP contribution in [0.25, 0.3) is 27.5 Å². The molecule has 0 aliphatic carbocycles. The number of fused-ring (bicyclic) bond motifs is 5. The van der Waals surface area contributed by atoms with Crippen LogP contribution in [0.3, 0.4) is 0 Å². The van der Waals surface area contributed by atoms with Crippen molar-refractivity contribution in [3.63, 3.8) is 0 Å². The van der Waals surface area contributed by atoms with Gasteiger partial charge in [-0.2, -0.15) is 0 Å². The van der Waals surface area contributed by atoms with Gasteiger partial charge in [-0.3, -0.25) is 0 Å². The zero-order valence-corrected chi connectivity index (χ0v) is 9.92. The normalized spacial score (nSPS) is 11.6. The molecule has 4 aromatic rings. The van der Waals surface area contributed by atoms with Crippen molar-refractivity contribution < 1.29 is 9.90 Å². The number of hydrogen-bond donors (Lipinski definition) is 2. The number of nitrogens with one attached hydrogen (secondary N) is 1. The van der Waals surface area contributed by atoms with Gasteiger partial charge in [-0.15, -0.1) is 0 Å². The van der Waals surface area contributed by atoms with Crippen LogP contribution >= 0.6 is 0 Å². The first-order chi connectivity index (χ1) is 9.27. The minimum Gasteiger partial charge on any atom is -0.478 e. The number of rotatable bonds is 1. The van der Waals surface area contributed by atoms with Gasteiger partial charge in [0.2, 0.25) is 0 Å². The molecule has 4 heteroatoms. The molecule has 3 heterocycles. The average Bonchev–Trinajstić information content (AvgIpc) is 2.93. The first kappa shape index (κ1) is 10.2. The van der Waals surface area contributed by atoms with E-state index in [1.54, 1.807) is 0 Å². The highest BCUT2D eigenvalue weighted by Crippen LogP contribution is 2.32. The van der Waals surface area contributed by atoms with Gasteiger partial charge in [0, 0.05) is 22.5 Å². The second kappa shape index (κ2) is 3.38. The zero-order valence-electron chi connectivity index (χ0n) is 9.92. The summed E-state index contributed by atoms with van der Waals surface area (Å²) in [5.41, 5.74) is 2.84. The smallest absolute Gasteiger partial charge is 0.338 e. The molecule has 19 heavy (non-hydrogen) atoms. The van der Waals surface area contributed by atoms with E-state index in [1.807, 2.05) is 53.1 Å². The number of pyridine rings is 1. The molecule has 0 atom stereocenters. The molecule has 1 aromatic carbocycles. The third kappa shape index (κ3) is 1.20. The second-order valence-corrected chi connectivity index (χ2v) is 4.53. The number of carboxylic acid groups (broad SMARTS) is 1. The maximum Gasteiger partial charge on any atom is 0.338 e. The molecule has 0 amide bonds. The van der Waals surface area contributed by atoms with Crippen LogP contribution in [0.4, 0.5) is 0 Å². The van der Waals surface area contributed by atoms with Crippen molar-refractivity contribution in [2.75, 3.05) is 0 Å². The van der Waals surface area contributed by atoms with Crippen LogP contribution in [-0.2, 0) is 0 Å². The summed E-state index contributed by atoms with van der Waals surface area (Å²) in [6.07, 6.45) is 1.87. The van der Waals surface area contributed by atoms with E-state index in [-0.39, 0.29) is 0 Å². The first-order valence-electron chi connectivity index (χ1n) is 6.00. The van der Waals surface area contributed by atoms with Gasteiger partial charge in [0.1, 0.15) is 5.65 Å². The van der Waals surface area contributed by atoms with Crippen molar-refractivity contribution in [3.8, 4) is 0 Å². The average molecular weight is 250 g/mol. The Morgan fingerprint density at radius 3 is 2.74 bits per heavy atom. The van der Waals surface area contributed by atoms with Crippen LogP contribution in [0, 0.1) is 0 Å². The second-order valence-electron chi connectivity index (χ2n) is 4.53. The lowest BCUT2D eigenvalue weighted by molar-refractivity contribution is 0.0701. The molecule has 0 aliphatic rings. The van der Waals surface area contributed by atoms with Crippen molar-refractivity contribution in [2.24, 2.45) is 0 Å². The molecule has 0 unspecified atom stereocenters. The lowest BCUT2D eigenvalue weighted by atomic mass is 10.1. The molecule has 4 nitrogen and oxygen atoms in total. The molecule has 92 valence electrons. The summed E-state index contributed by atoms with van der Waals surface area (Å²) in [7, 11) is 0. The van der Waals surface area contributed by atoms with Crippen LogP contribution in [0.5, 0.6) is 0 Å². The lowest BCUT2D eigenvalue weighted by Crippen LogP contribution is -1.95. The third-order valence-corrected chi connectivity index (χ3v) is 3.51. The van der Waals surface area contributed by atoms with Gasteiger partial charge in [-0.25, -0.2) is 4.79 Å². The molecule has 0 spiro atoms. The number of H-pyrrole nitrogens is 1. The molecule has 2 N–H and O–H groups in total. The van der Waals surface area contributed by atoms with E-state index in [1.165, 1.54) is 0 Å². The van der Waals surface area contributed by atoms with Crippen molar-refractivity contribution in [1.29, 1.82) is 0 Å². The van der Waals surface area contributed by atoms with Gasteiger partial charge in [0.05, 0.1) is 11.1 Å². The number of para-hydroxylation sites is 1.